The van der Waals surface area contributed by atoms with Gasteiger partial charge in [-0.1, -0.05) is 12.1 Å². The van der Waals surface area contributed by atoms with E-state index in [1.54, 1.807) is 67.8 Å². The largest absolute Gasteiger partial charge is 0.490 e. The molecule has 0 radical (unpaired) electrons. The molecule has 0 saturated carbocycles. The van der Waals surface area contributed by atoms with Crippen molar-refractivity contribution in [2.24, 2.45) is 5.92 Å². The third-order valence-electron chi connectivity index (χ3n) is 5.48. The number of amides is 3. The van der Waals surface area contributed by atoms with Crippen molar-refractivity contribution < 1.29 is 19.1 Å². The van der Waals surface area contributed by atoms with Gasteiger partial charge < -0.3 is 19.9 Å². The maximum absolute atomic E-state index is 13.0. The number of fused-ring (bicyclic) bond motifs is 1. The molecule has 29 heavy (non-hydrogen) atoms. The van der Waals surface area contributed by atoms with Crippen LogP contribution in [0.5, 0.6) is 5.75 Å². The van der Waals surface area contributed by atoms with Gasteiger partial charge in [-0.05, 0) is 24.3 Å². The summed E-state index contributed by atoms with van der Waals surface area (Å²) in [5.74, 6) is -0.840. The molecule has 3 heterocycles. The lowest BCUT2D eigenvalue weighted by Gasteiger charge is -2.33. The smallest absolute Gasteiger partial charge is 0.255 e. The van der Waals surface area contributed by atoms with Crippen LogP contribution >= 0.6 is 0 Å². The molecule has 0 bridgehead atoms. The SMILES string of the molecule is CN(C)C(=O)[C@H]1CN(C(=O)c2ccncc2)C[C@@]12COc1ccccc1C(=O)N2. The fourth-order valence-corrected chi connectivity index (χ4v) is 3.96. The van der Waals surface area contributed by atoms with Crippen molar-refractivity contribution in [3.63, 3.8) is 0 Å². The predicted molar refractivity (Wildman–Crippen MR) is 104 cm³/mol. The highest BCUT2D eigenvalue weighted by Crippen LogP contribution is 2.34. The normalized spacial score (nSPS) is 23.0. The molecule has 2 aromatic rings. The zero-order valence-corrected chi connectivity index (χ0v) is 16.3. The Hall–Kier alpha value is -3.42. The molecular formula is C21H22N4O4. The first-order chi connectivity index (χ1) is 13.9. The lowest BCUT2D eigenvalue weighted by Crippen LogP contribution is -2.60. The van der Waals surface area contributed by atoms with Gasteiger partial charge >= 0.3 is 0 Å². The molecule has 4 rings (SSSR count). The maximum atomic E-state index is 13.0. The van der Waals surface area contributed by atoms with E-state index in [0.717, 1.165) is 0 Å². The summed E-state index contributed by atoms with van der Waals surface area (Å²) < 4.78 is 5.95. The zero-order valence-electron chi connectivity index (χ0n) is 16.3. The Morgan fingerprint density at radius 1 is 1.21 bits per heavy atom. The van der Waals surface area contributed by atoms with Crippen molar-refractivity contribution in [3.8, 4) is 5.75 Å². The first-order valence-corrected chi connectivity index (χ1v) is 9.36. The van der Waals surface area contributed by atoms with Crippen LogP contribution in [-0.2, 0) is 4.79 Å². The molecule has 1 N–H and O–H groups in total. The van der Waals surface area contributed by atoms with Gasteiger partial charge in [0.15, 0.2) is 0 Å². The fraction of sp³-hybridized carbons (Fsp3) is 0.333. The van der Waals surface area contributed by atoms with Gasteiger partial charge in [0.1, 0.15) is 17.9 Å². The molecule has 8 nitrogen and oxygen atoms in total. The maximum Gasteiger partial charge on any atom is 0.255 e. The minimum Gasteiger partial charge on any atom is -0.490 e. The molecule has 8 heteroatoms. The van der Waals surface area contributed by atoms with Gasteiger partial charge in [0, 0.05) is 45.1 Å². The zero-order chi connectivity index (χ0) is 20.6. The molecule has 3 amide bonds. The Kier molecular flexibility index (Phi) is 4.70. The fourth-order valence-electron chi connectivity index (χ4n) is 3.96. The predicted octanol–water partition coefficient (Wildman–Crippen LogP) is 0.803. The molecule has 2 atom stereocenters. The van der Waals surface area contributed by atoms with E-state index >= 15 is 0 Å². The van der Waals surface area contributed by atoms with Crippen molar-refractivity contribution >= 4 is 17.7 Å². The molecule has 0 unspecified atom stereocenters. The number of ether oxygens (including phenoxy) is 1. The van der Waals surface area contributed by atoms with Gasteiger partial charge in [-0.25, -0.2) is 0 Å². The van der Waals surface area contributed by atoms with Crippen LogP contribution < -0.4 is 10.1 Å². The van der Waals surface area contributed by atoms with Gasteiger partial charge in [0.2, 0.25) is 5.91 Å². The number of hydrogen-bond donors (Lipinski definition) is 1. The van der Waals surface area contributed by atoms with Crippen LogP contribution in [0.25, 0.3) is 0 Å². The van der Waals surface area contributed by atoms with E-state index in [1.165, 1.54) is 4.90 Å². The van der Waals surface area contributed by atoms with E-state index < -0.39 is 11.5 Å². The monoisotopic (exact) mass is 394 g/mol. The minimum absolute atomic E-state index is 0.0973. The summed E-state index contributed by atoms with van der Waals surface area (Å²) in [6, 6.07) is 10.2. The average Bonchev–Trinajstić information content (AvgIpc) is 3.03. The van der Waals surface area contributed by atoms with Crippen LogP contribution in [0.15, 0.2) is 48.8 Å². The number of carbonyl (C=O) groups excluding carboxylic acids is 3. The lowest BCUT2D eigenvalue weighted by molar-refractivity contribution is -0.134. The number of nitrogens with zero attached hydrogens (tertiary/aromatic N) is 3. The number of hydrogen-bond acceptors (Lipinski definition) is 5. The van der Waals surface area contributed by atoms with E-state index in [9.17, 15) is 14.4 Å². The number of para-hydroxylation sites is 1. The van der Waals surface area contributed by atoms with Crippen LogP contribution in [0.2, 0.25) is 0 Å². The first kappa shape index (κ1) is 18.9. The number of carbonyl (C=O) groups is 3. The first-order valence-electron chi connectivity index (χ1n) is 9.36. The third-order valence-corrected chi connectivity index (χ3v) is 5.48. The second-order valence-electron chi connectivity index (χ2n) is 7.60. The van der Waals surface area contributed by atoms with E-state index in [2.05, 4.69) is 10.3 Å². The minimum atomic E-state index is -1.01. The summed E-state index contributed by atoms with van der Waals surface area (Å²) in [5, 5.41) is 3.01. The Morgan fingerprint density at radius 3 is 2.66 bits per heavy atom. The van der Waals surface area contributed by atoms with Crippen molar-refractivity contribution in [2.75, 3.05) is 33.8 Å². The summed E-state index contributed by atoms with van der Waals surface area (Å²) in [6.07, 6.45) is 3.10. The van der Waals surface area contributed by atoms with Crippen molar-refractivity contribution in [1.29, 1.82) is 0 Å². The number of benzene rings is 1. The molecule has 1 saturated heterocycles. The highest BCUT2D eigenvalue weighted by molar-refractivity contribution is 5.99. The van der Waals surface area contributed by atoms with Crippen LogP contribution in [-0.4, -0.2) is 71.8 Å². The van der Waals surface area contributed by atoms with Crippen molar-refractivity contribution in [3.05, 3.63) is 59.9 Å². The Labute approximate surface area is 168 Å². The lowest BCUT2D eigenvalue weighted by atomic mass is 9.86. The Morgan fingerprint density at radius 2 is 1.93 bits per heavy atom. The molecule has 1 aromatic carbocycles. The number of likely N-dealkylation sites (tertiary alicyclic amines) is 1. The van der Waals surface area contributed by atoms with E-state index in [4.69, 9.17) is 4.74 Å². The van der Waals surface area contributed by atoms with E-state index in [0.29, 0.717) is 16.9 Å². The summed E-state index contributed by atoms with van der Waals surface area (Å²) in [7, 11) is 3.33. The average molecular weight is 394 g/mol. The summed E-state index contributed by atoms with van der Waals surface area (Å²) in [4.78, 5) is 45.9. The number of nitrogens with one attached hydrogen (secondary N) is 1. The Bertz CT molecular complexity index is 962. The van der Waals surface area contributed by atoms with Crippen LogP contribution in [0, 0.1) is 5.92 Å². The van der Waals surface area contributed by atoms with Crippen LogP contribution in [0.4, 0.5) is 0 Å². The summed E-state index contributed by atoms with van der Waals surface area (Å²) in [6.45, 7) is 0.469. The Balaban J connectivity index is 1.69. The second-order valence-corrected chi connectivity index (χ2v) is 7.60. The summed E-state index contributed by atoms with van der Waals surface area (Å²) >= 11 is 0. The van der Waals surface area contributed by atoms with Crippen molar-refractivity contribution in [2.45, 2.75) is 5.54 Å². The molecule has 0 aliphatic carbocycles. The third kappa shape index (κ3) is 3.30. The molecule has 2 aliphatic rings. The van der Waals surface area contributed by atoms with Gasteiger partial charge in [-0.15, -0.1) is 0 Å². The van der Waals surface area contributed by atoms with Gasteiger partial charge in [-0.3, -0.25) is 19.4 Å². The number of rotatable bonds is 2. The highest BCUT2D eigenvalue weighted by Gasteiger charge is 2.54. The van der Waals surface area contributed by atoms with Crippen LogP contribution in [0.3, 0.4) is 0 Å². The molecular weight excluding hydrogens is 372 g/mol. The molecule has 1 aromatic heterocycles. The van der Waals surface area contributed by atoms with Gasteiger partial charge in [0.25, 0.3) is 11.8 Å². The molecule has 150 valence electrons. The molecule has 1 spiro atoms. The van der Waals surface area contributed by atoms with E-state index in [-0.39, 0.29) is 37.4 Å². The number of pyridine rings is 1. The van der Waals surface area contributed by atoms with E-state index in [1.807, 2.05) is 0 Å². The molecule has 1 fully saturated rings. The number of aromatic nitrogens is 1. The van der Waals surface area contributed by atoms with Crippen LogP contribution in [0.1, 0.15) is 20.7 Å². The highest BCUT2D eigenvalue weighted by atomic mass is 16.5. The van der Waals surface area contributed by atoms with Crippen molar-refractivity contribution in [1.82, 2.24) is 20.1 Å². The van der Waals surface area contributed by atoms with Gasteiger partial charge in [0.05, 0.1) is 11.5 Å². The topological polar surface area (TPSA) is 91.8 Å². The standard InChI is InChI=1S/C21H22N4O4/c1-24(2)20(28)16-11-25(19(27)14-7-9-22-10-8-14)12-21(16)13-29-17-6-4-3-5-15(17)18(26)23-21/h3-10,16H,11-13H2,1-2H3,(H,23,26)/t16-,21-/m1/s1. The second kappa shape index (κ2) is 7.20. The quantitative estimate of drug-likeness (QED) is 0.814. The molecule has 2 aliphatic heterocycles. The summed E-state index contributed by atoms with van der Waals surface area (Å²) in [5.41, 5.74) is -0.114. The van der Waals surface area contributed by atoms with Gasteiger partial charge in [-0.2, -0.15) is 0 Å².